The number of nitrogens with zero attached hydrogens (tertiary/aromatic N) is 3. The van der Waals surface area contributed by atoms with Gasteiger partial charge in [-0.15, -0.1) is 0 Å². The zero-order chi connectivity index (χ0) is 33.9. The van der Waals surface area contributed by atoms with Gasteiger partial charge in [0.25, 0.3) is 5.91 Å². The van der Waals surface area contributed by atoms with E-state index in [0.717, 1.165) is 49.1 Å². The molecule has 9 nitrogen and oxygen atoms in total. The second-order valence-corrected chi connectivity index (χ2v) is 13.2. The maximum absolute atomic E-state index is 13.6. The molecule has 5 rings (SSSR count). The Labute approximate surface area is 272 Å². The summed E-state index contributed by atoms with van der Waals surface area (Å²) < 4.78 is 46.0. The summed E-state index contributed by atoms with van der Waals surface area (Å²) in [5.74, 6) is 0.188. The van der Waals surface area contributed by atoms with Gasteiger partial charge in [-0.05, 0) is 93.8 Å². The summed E-state index contributed by atoms with van der Waals surface area (Å²) in [7, 11) is 0. The zero-order valence-electron chi connectivity index (χ0n) is 27.0. The molecular formula is C35H40F3N5O4. The van der Waals surface area contributed by atoms with Crippen molar-refractivity contribution >= 4 is 17.9 Å². The summed E-state index contributed by atoms with van der Waals surface area (Å²) >= 11 is 0. The van der Waals surface area contributed by atoms with E-state index < -0.39 is 35.4 Å². The predicted molar refractivity (Wildman–Crippen MR) is 169 cm³/mol. The first-order chi connectivity index (χ1) is 22.2. The summed E-state index contributed by atoms with van der Waals surface area (Å²) in [5, 5.41) is 5.52. The first kappa shape index (κ1) is 33.9. The van der Waals surface area contributed by atoms with Gasteiger partial charge < -0.3 is 20.3 Å². The molecule has 2 N–H and O–H groups in total. The molecule has 1 saturated heterocycles. The van der Waals surface area contributed by atoms with E-state index in [2.05, 4.69) is 20.6 Å². The van der Waals surface area contributed by atoms with Crippen LogP contribution in [0.3, 0.4) is 0 Å². The van der Waals surface area contributed by atoms with E-state index in [9.17, 15) is 27.6 Å². The number of piperidine rings is 1. The van der Waals surface area contributed by atoms with Crippen LogP contribution in [0.15, 0.2) is 54.7 Å². The standard InChI is InChI=1S/C35H40F3N5O4/c1-21(41-31(44)30-39-16-13-29(42-30)24-14-17-43(18-15-24)32(45)25-9-10-25)22-5-7-23(8-6-22)28-19-27(35(36,37)38)12-11-26(28)20-40-33(46)47-34(2,3)4/h5-8,11-13,16,19,21,24-25H,9-10,14-15,17-18,20H2,1-4H3,(H,40,46)(H,41,44)/t21-/m1/s1. The minimum absolute atomic E-state index is 0.0344. The van der Waals surface area contributed by atoms with Gasteiger partial charge in [-0.1, -0.05) is 30.3 Å². The summed E-state index contributed by atoms with van der Waals surface area (Å²) in [6, 6.07) is 11.6. The Bertz CT molecular complexity index is 1610. The van der Waals surface area contributed by atoms with Crippen LogP contribution >= 0.6 is 0 Å². The number of nitrogens with one attached hydrogen (secondary N) is 2. The summed E-state index contributed by atoms with van der Waals surface area (Å²) in [5.41, 5.74) is 1.28. The highest BCUT2D eigenvalue weighted by molar-refractivity contribution is 5.90. The molecule has 2 fully saturated rings. The molecule has 1 aliphatic carbocycles. The average molecular weight is 652 g/mol. The lowest BCUT2D eigenvalue weighted by Gasteiger charge is -2.32. The van der Waals surface area contributed by atoms with Crippen LogP contribution in [0.5, 0.6) is 0 Å². The van der Waals surface area contributed by atoms with Crippen LogP contribution in [0.2, 0.25) is 0 Å². The zero-order valence-corrected chi connectivity index (χ0v) is 27.0. The van der Waals surface area contributed by atoms with Gasteiger partial charge in [0.05, 0.1) is 11.6 Å². The van der Waals surface area contributed by atoms with Crippen molar-refractivity contribution in [3.63, 3.8) is 0 Å². The normalized spacial score (nSPS) is 16.4. The highest BCUT2D eigenvalue weighted by atomic mass is 19.4. The third-order valence-electron chi connectivity index (χ3n) is 8.36. The van der Waals surface area contributed by atoms with Crippen LogP contribution < -0.4 is 10.6 Å². The number of hydrogen-bond acceptors (Lipinski definition) is 6. The fraction of sp³-hybridized carbons (Fsp3) is 0.457. The van der Waals surface area contributed by atoms with Crippen molar-refractivity contribution in [3.05, 3.63) is 82.9 Å². The van der Waals surface area contributed by atoms with E-state index in [1.165, 1.54) is 6.07 Å². The Kier molecular flexibility index (Phi) is 9.88. The lowest BCUT2D eigenvalue weighted by atomic mass is 9.93. The van der Waals surface area contributed by atoms with Crippen molar-refractivity contribution in [2.24, 2.45) is 5.92 Å². The Morgan fingerprint density at radius 3 is 2.28 bits per heavy atom. The minimum atomic E-state index is -4.55. The fourth-order valence-corrected chi connectivity index (χ4v) is 5.65. The summed E-state index contributed by atoms with van der Waals surface area (Å²) in [4.78, 5) is 48.4. The lowest BCUT2D eigenvalue weighted by molar-refractivity contribution is -0.137. The monoisotopic (exact) mass is 651 g/mol. The van der Waals surface area contributed by atoms with Crippen molar-refractivity contribution in [3.8, 4) is 11.1 Å². The molecule has 12 heteroatoms. The van der Waals surface area contributed by atoms with Crippen molar-refractivity contribution in [1.29, 1.82) is 0 Å². The number of halogens is 3. The van der Waals surface area contributed by atoms with Crippen molar-refractivity contribution in [1.82, 2.24) is 25.5 Å². The van der Waals surface area contributed by atoms with Crippen LogP contribution in [-0.4, -0.2) is 51.5 Å². The third-order valence-corrected chi connectivity index (χ3v) is 8.36. The van der Waals surface area contributed by atoms with E-state index in [-0.39, 0.29) is 30.1 Å². The van der Waals surface area contributed by atoms with Crippen LogP contribution in [0.4, 0.5) is 18.0 Å². The number of benzene rings is 2. The largest absolute Gasteiger partial charge is 0.444 e. The van der Waals surface area contributed by atoms with Crippen molar-refractivity contribution in [2.45, 2.75) is 83.7 Å². The molecule has 3 amide bonds. The maximum Gasteiger partial charge on any atom is 0.416 e. The average Bonchev–Trinajstić information content (AvgIpc) is 3.88. The fourth-order valence-electron chi connectivity index (χ4n) is 5.65. The van der Waals surface area contributed by atoms with Gasteiger partial charge in [0.1, 0.15) is 5.60 Å². The van der Waals surface area contributed by atoms with Crippen LogP contribution in [0.25, 0.3) is 11.1 Å². The van der Waals surface area contributed by atoms with E-state index in [0.29, 0.717) is 29.8 Å². The molecule has 1 saturated carbocycles. The van der Waals surface area contributed by atoms with Gasteiger partial charge in [-0.25, -0.2) is 14.8 Å². The minimum Gasteiger partial charge on any atom is -0.444 e. The molecule has 0 bridgehead atoms. The summed E-state index contributed by atoms with van der Waals surface area (Å²) in [6.07, 6.45) is -0.120. The first-order valence-corrected chi connectivity index (χ1v) is 15.9. The molecule has 2 aliphatic rings. The van der Waals surface area contributed by atoms with Gasteiger partial charge in [-0.3, -0.25) is 9.59 Å². The number of alkyl halides is 3. The molecule has 2 aromatic carbocycles. The molecule has 1 aliphatic heterocycles. The quantitative estimate of drug-likeness (QED) is 0.277. The Morgan fingerprint density at radius 1 is 0.979 bits per heavy atom. The topological polar surface area (TPSA) is 114 Å². The van der Waals surface area contributed by atoms with E-state index in [1.54, 1.807) is 58.2 Å². The molecule has 0 radical (unpaired) electrons. The second-order valence-electron chi connectivity index (χ2n) is 13.2. The molecule has 1 atom stereocenters. The summed E-state index contributed by atoms with van der Waals surface area (Å²) in [6.45, 7) is 8.28. The number of hydrogen-bond donors (Lipinski definition) is 2. The van der Waals surface area contributed by atoms with Crippen LogP contribution in [0, 0.1) is 5.92 Å². The van der Waals surface area contributed by atoms with Gasteiger partial charge >= 0.3 is 12.3 Å². The van der Waals surface area contributed by atoms with Gasteiger partial charge in [0.2, 0.25) is 11.7 Å². The van der Waals surface area contributed by atoms with Crippen LogP contribution in [-0.2, 0) is 22.3 Å². The highest BCUT2D eigenvalue weighted by Crippen LogP contribution is 2.36. The molecule has 1 aromatic heterocycles. The number of carbonyl (C=O) groups is 3. The molecule has 3 aromatic rings. The molecule has 2 heterocycles. The number of amides is 3. The number of likely N-dealkylation sites (tertiary alicyclic amines) is 1. The van der Waals surface area contributed by atoms with Crippen molar-refractivity contribution < 1.29 is 32.3 Å². The maximum atomic E-state index is 13.6. The van der Waals surface area contributed by atoms with Crippen LogP contribution in [0.1, 0.15) is 98.3 Å². The Morgan fingerprint density at radius 2 is 1.66 bits per heavy atom. The van der Waals surface area contributed by atoms with E-state index >= 15 is 0 Å². The van der Waals surface area contributed by atoms with Gasteiger partial charge in [0.15, 0.2) is 0 Å². The predicted octanol–water partition coefficient (Wildman–Crippen LogP) is 6.79. The number of alkyl carbamates (subject to hydrolysis) is 1. The number of carbonyl (C=O) groups excluding carboxylic acids is 3. The number of rotatable bonds is 8. The SMILES string of the molecule is C[C@@H](NC(=O)c1nccc(C2CCN(C(=O)C3CC3)CC2)n1)c1ccc(-c2cc(C(F)(F)F)ccc2CNC(=O)OC(C)(C)C)cc1. The second kappa shape index (κ2) is 13.7. The van der Waals surface area contributed by atoms with Gasteiger partial charge in [0, 0.05) is 43.4 Å². The third kappa shape index (κ3) is 8.87. The van der Waals surface area contributed by atoms with Gasteiger partial charge in [-0.2, -0.15) is 13.2 Å². The number of aromatic nitrogens is 2. The first-order valence-electron chi connectivity index (χ1n) is 15.9. The number of ether oxygens (including phenoxy) is 1. The van der Waals surface area contributed by atoms with E-state index in [4.69, 9.17) is 4.74 Å². The molecule has 0 unspecified atom stereocenters. The Balaban J connectivity index is 1.24. The molecule has 47 heavy (non-hydrogen) atoms. The molecule has 0 spiro atoms. The van der Waals surface area contributed by atoms with E-state index in [1.807, 2.05) is 11.0 Å². The highest BCUT2D eigenvalue weighted by Gasteiger charge is 2.35. The van der Waals surface area contributed by atoms with Crippen molar-refractivity contribution in [2.75, 3.05) is 13.1 Å². The smallest absolute Gasteiger partial charge is 0.416 e. The molecule has 250 valence electrons. The lowest BCUT2D eigenvalue weighted by Crippen LogP contribution is -2.39. The Hall–Kier alpha value is -4.48. The molecular weight excluding hydrogens is 611 g/mol.